The van der Waals surface area contributed by atoms with Crippen LogP contribution in [0, 0.1) is 0 Å². The SMILES string of the molecule is c1ccc(-c2ccc(N(c3ccccc3)c3ccc4oc5ccc(N(c6ccccc6)c6ccc(-c7ccccc7)cc6)cc5c4c3)cc2)cc1. The first-order chi connectivity index (χ1) is 25.3. The second kappa shape index (κ2) is 13.2. The van der Waals surface area contributed by atoms with Crippen molar-refractivity contribution in [2.24, 2.45) is 0 Å². The highest BCUT2D eigenvalue weighted by molar-refractivity contribution is 6.08. The monoisotopic (exact) mass is 654 g/mol. The van der Waals surface area contributed by atoms with E-state index in [-0.39, 0.29) is 0 Å². The molecule has 0 unspecified atom stereocenters. The predicted octanol–water partition coefficient (Wildman–Crippen LogP) is 13.9. The normalized spacial score (nSPS) is 11.1. The number of anilines is 6. The molecule has 0 N–H and O–H groups in total. The second-order valence-electron chi connectivity index (χ2n) is 12.6. The number of hydrogen-bond donors (Lipinski definition) is 0. The lowest BCUT2D eigenvalue weighted by Crippen LogP contribution is -2.10. The molecule has 0 aliphatic carbocycles. The maximum atomic E-state index is 6.44. The van der Waals surface area contributed by atoms with E-state index in [9.17, 15) is 0 Å². The summed E-state index contributed by atoms with van der Waals surface area (Å²) in [6, 6.07) is 72.7. The summed E-state index contributed by atoms with van der Waals surface area (Å²) in [5, 5.41) is 2.14. The van der Waals surface area contributed by atoms with E-state index >= 15 is 0 Å². The third-order valence-corrected chi connectivity index (χ3v) is 9.45. The molecule has 0 aliphatic heterocycles. The number of para-hydroxylation sites is 2. The van der Waals surface area contributed by atoms with Gasteiger partial charge in [0.05, 0.1) is 0 Å². The molecule has 0 spiro atoms. The molecule has 51 heavy (non-hydrogen) atoms. The fraction of sp³-hybridized carbons (Fsp3) is 0. The summed E-state index contributed by atoms with van der Waals surface area (Å²) in [5.41, 5.74) is 13.0. The van der Waals surface area contributed by atoms with E-state index in [1.54, 1.807) is 0 Å². The van der Waals surface area contributed by atoms with E-state index in [4.69, 9.17) is 4.42 Å². The molecular weight excluding hydrogens is 621 g/mol. The molecule has 0 aliphatic rings. The zero-order valence-electron chi connectivity index (χ0n) is 27.9. The number of furan rings is 1. The van der Waals surface area contributed by atoms with Gasteiger partial charge in [-0.25, -0.2) is 0 Å². The van der Waals surface area contributed by atoms with Crippen LogP contribution in [-0.2, 0) is 0 Å². The largest absolute Gasteiger partial charge is 0.456 e. The van der Waals surface area contributed by atoms with Crippen molar-refractivity contribution in [2.75, 3.05) is 9.80 Å². The van der Waals surface area contributed by atoms with Gasteiger partial charge in [0.25, 0.3) is 0 Å². The zero-order chi connectivity index (χ0) is 34.0. The van der Waals surface area contributed by atoms with Crippen molar-refractivity contribution in [1.82, 2.24) is 0 Å². The number of fused-ring (bicyclic) bond motifs is 3. The second-order valence-corrected chi connectivity index (χ2v) is 12.6. The van der Waals surface area contributed by atoms with Gasteiger partial charge in [-0.2, -0.15) is 0 Å². The Balaban J connectivity index is 1.14. The van der Waals surface area contributed by atoms with Crippen LogP contribution in [-0.4, -0.2) is 0 Å². The topological polar surface area (TPSA) is 19.6 Å². The fourth-order valence-corrected chi connectivity index (χ4v) is 6.95. The maximum Gasteiger partial charge on any atom is 0.135 e. The average molecular weight is 655 g/mol. The molecule has 242 valence electrons. The van der Waals surface area contributed by atoms with Crippen LogP contribution in [0.5, 0.6) is 0 Å². The Morgan fingerprint density at radius 3 is 0.922 bits per heavy atom. The molecule has 0 saturated heterocycles. The van der Waals surface area contributed by atoms with E-state index in [1.165, 1.54) is 22.3 Å². The minimum Gasteiger partial charge on any atom is -0.456 e. The highest BCUT2D eigenvalue weighted by atomic mass is 16.3. The van der Waals surface area contributed by atoms with Crippen molar-refractivity contribution < 1.29 is 4.42 Å². The van der Waals surface area contributed by atoms with E-state index in [0.717, 1.165) is 56.1 Å². The number of rotatable bonds is 8. The first kappa shape index (κ1) is 30.2. The lowest BCUT2D eigenvalue weighted by Gasteiger charge is -2.26. The van der Waals surface area contributed by atoms with Crippen LogP contribution in [0.15, 0.2) is 211 Å². The van der Waals surface area contributed by atoms with Crippen LogP contribution in [0.25, 0.3) is 44.2 Å². The number of nitrogens with zero attached hydrogens (tertiary/aromatic N) is 2. The van der Waals surface area contributed by atoms with Gasteiger partial charge in [0.2, 0.25) is 0 Å². The Bertz CT molecular complexity index is 2360. The van der Waals surface area contributed by atoms with Crippen molar-refractivity contribution in [1.29, 1.82) is 0 Å². The van der Waals surface area contributed by atoms with Gasteiger partial charge >= 0.3 is 0 Å². The smallest absolute Gasteiger partial charge is 0.135 e. The van der Waals surface area contributed by atoms with Gasteiger partial charge in [0.15, 0.2) is 0 Å². The molecule has 8 aromatic carbocycles. The van der Waals surface area contributed by atoms with Gasteiger partial charge in [-0.3, -0.25) is 0 Å². The zero-order valence-corrected chi connectivity index (χ0v) is 27.9. The molecule has 3 heteroatoms. The molecule has 1 heterocycles. The standard InChI is InChI=1S/C48H34N2O/c1-5-13-35(14-6-1)37-21-25-41(26-22-37)49(39-17-9-3-10-18-39)43-29-31-47-45(33-43)46-34-44(30-32-48(46)51-47)50(40-19-11-4-12-20-40)42-27-23-38(24-28-42)36-15-7-2-8-16-36/h1-34H. The molecule has 9 aromatic rings. The summed E-state index contributed by atoms with van der Waals surface area (Å²) in [6.07, 6.45) is 0. The lowest BCUT2D eigenvalue weighted by molar-refractivity contribution is 0.669. The Labute approximate surface area is 297 Å². The van der Waals surface area contributed by atoms with Crippen molar-refractivity contribution in [3.8, 4) is 22.3 Å². The van der Waals surface area contributed by atoms with Crippen LogP contribution in [0.1, 0.15) is 0 Å². The molecular formula is C48H34N2O. The highest BCUT2D eigenvalue weighted by Gasteiger charge is 2.18. The molecule has 0 amide bonds. The van der Waals surface area contributed by atoms with Gasteiger partial charge in [-0.1, -0.05) is 121 Å². The van der Waals surface area contributed by atoms with Gasteiger partial charge in [0, 0.05) is 44.9 Å². The fourth-order valence-electron chi connectivity index (χ4n) is 6.95. The Hall–Kier alpha value is -6.84. The van der Waals surface area contributed by atoms with Crippen LogP contribution >= 0.6 is 0 Å². The maximum absolute atomic E-state index is 6.44. The number of benzene rings is 8. The Morgan fingerprint density at radius 2 is 0.549 bits per heavy atom. The van der Waals surface area contributed by atoms with Crippen LogP contribution in [0.3, 0.4) is 0 Å². The van der Waals surface area contributed by atoms with Crippen molar-refractivity contribution >= 4 is 56.1 Å². The van der Waals surface area contributed by atoms with Gasteiger partial charge in [-0.15, -0.1) is 0 Å². The molecule has 9 rings (SSSR count). The third kappa shape index (κ3) is 5.92. The van der Waals surface area contributed by atoms with Crippen molar-refractivity contribution in [3.63, 3.8) is 0 Å². The van der Waals surface area contributed by atoms with E-state index < -0.39 is 0 Å². The van der Waals surface area contributed by atoms with E-state index in [2.05, 4.69) is 216 Å². The third-order valence-electron chi connectivity index (χ3n) is 9.45. The van der Waals surface area contributed by atoms with Crippen LogP contribution in [0.2, 0.25) is 0 Å². The summed E-state index contributed by atoms with van der Waals surface area (Å²) >= 11 is 0. The molecule has 0 saturated carbocycles. The quantitative estimate of drug-likeness (QED) is 0.163. The minimum atomic E-state index is 0.858. The molecule has 0 bridgehead atoms. The lowest BCUT2D eigenvalue weighted by atomic mass is 10.0. The minimum absolute atomic E-state index is 0.858. The van der Waals surface area contributed by atoms with Crippen LogP contribution in [0.4, 0.5) is 34.1 Å². The first-order valence-corrected chi connectivity index (χ1v) is 17.3. The Morgan fingerprint density at radius 1 is 0.255 bits per heavy atom. The summed E-state index contributed by atoms with van der Waals surface area (Å²) < 4.78 is 6.44. The molecule has 0 atom stereocenters. The van der Waals surface area contributed by atoms with Crippen LogP contribution < -0.4 is 9.80 Å². The number of hydrogen-bond acceptors (Lipinski definition) is 3. The molecule has 1 aromatic heterocycles. The van der Waals surface area contributed by atoms with Crippen molar-refractivity contribution in [3.05, 3.63) is 206 Å². The van der Waals surface area contributed by atoms with E-state index in [1.807, 2.05) is 0 Å². The summed E-state index contributed by atoms with van der Waals surface area (Å²) in [7, 11) is 0. The summed E-state index contributed by atoms with van der Waals surface area (Å²) in [6.45, 7) is 0. The molecule has 0 radical (unpaired) electrons. The van der Waals surface area contributed by atoms with Gasteiger partial charge < -0.3 is 14.2 Å². The first-order valence-electron chi connectivity index (χ1n) is 17.3. The highest BCUT2D eigenvalue weighted by Crippen LogP contribution is 2.42. The van der Waals surface area contributed by atoms with Gasteiger partial charge in [-0.05, 0) is 107 Å². The average Bonchev–Trinajstić information content (AvgIpc) is 3.58. The van der Waals surface area contributed by atoms with Gasteiger partial charge in [0.1, 0.15) is 11.2 Å². The predicted molar refractivity (Wildman–Crippen MR) is 214 cm³/mol. The molecule has 0 fully saturated rings. The van der Waals surface area contributed by atoms with E-state index in [0.29, 0.717) is 0 Å². The summed E-state index contributed by atoms with van der Waals surface area (Å²) in [4.78, 5) is 4.61. The molecule has 3 nitrogen and oxygen atoms in total. The summed E-state index contributed by atoms with van der Waals surface area (Å²) in [5.74, 6) is 0. The van der Waals surface area contributed by atoms with Crippen molar-refractivity contribution in [2.45, 2.75) is 0 Å². The Kier molecular flexibility index (Phi) is 7.84.